The van der Waals surface area contributed by atoms with E-state index in [9.17, 15) is 0 Å². The molecule has 1 aromatic carbocycles. The summed E-state index contributed by atoms with van der Waals surface area (Å²) in [6.07, 6.45) is 0. The Labute approximate surface area is 101 Å². The molecule has 0 radical (unpaired) electrons. The van der Waals surface area contributed by atoms with Gasteiger partial charge in [-0.3, -0.25) is 0 Å². The minimum absolute atomic E-state index is 0.0223. The predicted octanol–water partition coefficient (Wildman–Crippen LogP) is 2.93. The van der Waals surface area contributed by atoms with Gasteiger partial charge in [0.1, 0.15) is 0 Å². The van der Waals surface area contributed by atoms with E-state index in [4.69, 9.17) is 5.73 Å². The van der Waals surface area contributed by atoms with Crippen LogP contribution < -0.4 is 10.6 Å². The molecular formula is C12H19BrN2. The number of benzene rings is 1. The molecule has 0 saturated heterocycles. The fraction of sp³-hybridized carbons (Fsp3) is 0.500. The minimum Gasteiger partial charge on any atom is -0.368 e. The van der Waals surface area contributed by atoms with Gasteiger partial charge in [-0.1, -0.05) is 22.0 Å². The number of nitrogens with zero attached hydrogens (tertiary/aromatic N) is 1. The molecule has 1 rings (SSSR count). The summed E-state index contributed by atoms with van der Waals surface area (Å²) in [5, 5.41) is 0. The Bertz CT molecular complexity index is 347. The highest BCUT2D eigenvalue weighted by Gasteiger charge is 2.22. The van der Waals surface area contributed by atoms with Gasteiger partial charge in [0.25, 0.3) is 0 Å². The molecule has 0 bridgehead atoms. The third kappa shape index (κ3) is 2.73. The molecule has 0 atom stereocenters. The summed E-state index contributed by atoms with van der Waals surface area (Å²) < 4.78 is 1.10. The monoisotopic (exact) mass is 270 g/mol. The number of anilines is 1. The van der Waals surface area contributed by atoms with E-state index in [-0.39, 0.29) is 5.54 Å². The lowest BCUT2D eigenvalue weighted by atomic mass is 10.0. The predicted molar refractivity (Wildman–Crippen MR) is 70.4 cm³/mol. The third-order valence-electron chi connectivity index (χ3n) is 2.94. The maximum absolute atomic E-state index is 5.78. The van der Waals surface area contributed by atoms with Gasteiger partial charge in [0, 0.05) is 29.3 Å². The first-order valence-corrected chi connectivity index (χ1v) is 5.88. The van der Waals surface area contributed by atoms with E-state index >= 15 is 0 Å². The molecule has 0 spiro atoms. The van der Waals surface area contributed by atoms with Crippen molar-refractivity contribution in [3.63, 3.8) is 0 Å². The van der Waals surface area contributed by atoms with Crippen LogP contribution in [0.2, 0.25) is 0 Å². The fourth-order valence-electron chi connectivity index (χ4n) is 1.41. The van der Waals surface area contributed by atoms with E-state index in [1.165, 1.54) is 11.3 Å². The zero-order valence-corrected chi connectivity index (χ0v) is 11.4. The van der Waals surface area contributed by atoms with E-state index in [1.807, 2.05) is 0 Å². The zero-order chi connectivity index (χ0) is 11.6. The van der Waals surface area contributed by atoms with Gasteiger partial charge in [-0.15, -0.1) is 0 Å². The Morgan fingerprint density at radius 2 is 2.00 bits per heavy atom. The zero-order valence-electron chi connectivity index (χ0n) is 9.84. The molecule has 15 heavy (non-hydrogen) atoms. The van der Waals surface area contributed by atoms with E-state index in [1.54, 1.807) is 0 Å². The quantitative estimate of drug-likeness (QED) is 0.915. The number of nitrogens with two attached hydrogens (primary N) is 1. The summed E-state index contributed by atoms with van der Waals surface area (Å²) in [7, 11) is 2.08. The van der Waals surface area contributed by atoms with Crippen LogP contribution in [-0.2, 0) is 0 Å². The average Bonchev–Trinajstić information content (AvgIpc) is 2.20. The minimum atomic E-state index is -0.0223. The van der Waals surface area contributed by atoms with Gasteiger partial charge in [0.15, 0.2) is 0 Å². The molecule has 0 amide bonds. The summed E-state index contributed by atoms with van der Waals surface area (Å²) in [6, 6.07) is 6.30. The van der Waals surface area contributed by atoms with Crippen molar-refractivity contribution in [2.45, 2.75) is 26.3 Å². The van der Waals surface area contributed by atoms with Crippen molar-refractivity contribution in [3.05, 3.63) is 28.2 Å². The van der Waals surface area contributed by atoms with Crippen molar-refractivity contribution in [1.29, 1.82) is 0 Å². The molecule has 0 saturated carbocycles. The van der Waals surface area contributed by atoms with Crippen LogP contribution in [0.3, 0.4) is 0 Å². The lowest BCUT2D eigenvalue weighted by Gasteiger charge is -2.37. The van der Waals surface area contributed by atoms with Crippen LogP contribution in [0.5, 0.6) is 0 Å². The van der Waals surface area contributed by atoms with Gasteiger partial charge >= 0.3 is 0 Å². The largest absolute Gasteiger partial charge is 0.368 e. The van der Waals surface area contributed by atoms with E-state index in [2.05, 4.69) is 66.8 Å². The molecule has 2 nitrogen and oxygen atoms in total. The fourth-order valence-corrected chi connectivity index (χ4v) is 1.76. The SMILES string of the molecule is Cc1ccc(Br)cc1N(C)C(C)(C)CN. The molecule has 0 unspecified atom stereocenters. The molecule has 84 valence electrons. The Hall–Kier alpha value is -0.540. The molecule has 0 fully saturated rings. The van der Waals surface area contributed by atoms with Crippen LogP contribution in [0.15, 0.2) is 22.7 Å². The maximum atomic E-state index is 5.78. The second-order valence-electron chi connectivity index (χ2n) is 4.51. The van der Waals surface area contributed by atoms with Crippen LogP contribution in [0.25, 0.3) is 0 Å². The Kier molecular flexibility index (Phi) is 3.79. The standard InChI is InChI=1S/C12H19BrN2/c1-9-5-6-10(13)7-11(9)15(4)12(2,3)8-14/h5-7H,8,14H2,1-4H3. The van der Waals surface area contributed by atoms with Crippen molar-refractivity contribution < 1.29 is 0 Å². The molecule has 3 heteroatoms. The number of likely N-dealkylation sites (N-methyl/N-ethyl adjacent to an activating group) is 1. The highest BCUT2D eigenvalue weighted by Crippen LogP contribution is 2.28. The molecule has 0 heterocycles. The molecule has 0 aliphatic carbocycles. The summed E-state index contributed by atoms with van der Waals surface area (Å²) in [5.74, 6) is 0. The van der Waals surface area contributed by atoms with Crippen molar-refractivity contribution in [3.8, 4) is 0 Å². The van der Waals surface area contributed by atoms with E-state index < -0.39 is 0 Å². The lowest BCUT2D eigenvalue weighted by molar-refractivity contribution is 0.498. The topological polar surface area (TPSA) is 29.3 Å². The van der Waals surface area contributed by atoms with Crippen LogP contribution in [0, 0.1) is 6.92 Å². The molecule has 0 aromatic heterocycles. The summed E-state index contributed by atoms with van der Waals surface area (Å²) in [4.78, 5) is 2.23. The number of hydrogen-bond acceptors (Lipinski definition) is 2. The highest BCUT2D eigenvalue weighted by atomic mass is 79.9. The van der Waals surface area contributed by atoms with Gasteiger partial charge in [0.2, 0.25) is 0 Å². The number of halogens is 1. The number of hydrogen-bond donors (Lipinski definition) is 1. The third-order valence-corrected chi connectivity index (χ3v) is 3.43. The van der Waals surface area contributed by atoms with Gasteiger partial charge in [-0.05, 0) is 38.5 Å². The highest BCUT2D eigenvalue weighted by molar-refractivity contribution is 9.10. The Balaban J connectivity index is 3.10. The van der Waals surface area contributed by atoms with Crippen molar-refractivity contribution in [1.82, 2.24) is 0 Å². The van der Waals surface area contributed by atoms with Crippen molar-refractivity contribution in [2.24, 2.45) is 5.73 Å². The number of aryl methyl sites for hydroxylation is 1. The normalized spacial score (nSPS) is 11.6. The van der Waals surface area contributed by atoms with Gasteiger partial charge in [-0.2, -0.15) is 0 Å². The molecule has 0 aliphatic rings. The smallest absolute Gasteiger partial charge is 0.0464 e. The maximum Gasteiger partial charge on any atom is 0.0464 e. The van der Waals surface area contributed by atoms with Gasteiger partial charge in [0.05, 0.1) is 0 Å². The van der Waals surface area contributed by atoms with Crippen LogP contribution in [-0.4, -0.2) is 19.1 Å². The van der Waals surface area contributed by atoms with E-state index in [0.29, 0.717) is 6.54 Å². The van der Waals surface area contributed by atoms with Crippen LogP contribution in [0.1, 0.15) is 19.4 Å². The molecule has 0 aliphatic heterocycles. The second-order valence-corrected chi connectivity index (χ2v) is 5.42. The van der Waals surface area contributed by atoms with Crippen molar-refractivity contribution in [2.75, 3.05) is 18.5 Å². The van der Waals surface area contributed by atoms with Crippen molar-refractivity contribution >= 4 is 21.6 Å². The first kappa shape index (κ1) is 12.5. The van der Waals surface area contributed by atoms with Gasteiger partial charge in [-0.25, -0.2) is 0 Å². The first-order valence-electron chi connectivity index (χ1n) is 5.08. The van der Waals surface area contributed by atoms with Crippen LogP contribution >= 0.6 is 15.9 Å². The molecule has 2 N–H and O–H groups in total. The van der Waals surface area contributed by atoms with Gasteiger partial charge < -0.3 is 10.6 Å². The second kappa shape index (κ2) is 4.54. The van der Waals surface area contributed by atoms with E-state index in [0.717, 1.165) is 4.47 Å². The summed E-state index contributed by atoms with van der Waals surface area (Å²) in [6.45, 7) is 7.04. The van der Waals surface area contributed by atoms with Crippen LogP contribution in [0.4, 0.5) is 5.69 Å². The first-order chi connectivity index (χ1) is 6.88. The summed E-state index contributed by atoms with van der Waals surface area (Å²) >= 11 is 3.50. The molecule has 1 aromatic rings. The Morgan fingerprint density at radius 3 is 2.53 bits per heavy atom. The lowest BCUT2D eigenvalue weighted by Crippen LogP contribution is -2.47. The Morgan fingerprint density at radius 1 is 1.40 bits per heavy atom. The average molecular weight is 271 g/mol. The molecular weight excluding hydrogens is 252 g/mol. The summed E-state index contributed by atoms with van der Waals surface area (Å²) in [5.41, 5.74) is 8.25. The number of rotatable bonds is 3.